The number of benzene rings is 1. The van der Waals surface area contributed by atoms with Crippen molar-refractivity contribution in [2.45, 2.75) is 32.7 Å². The minimum atomic E-state index is -0.807. The van der Waals surface area contributed by atoms with E-state index >= 15 is 0 Å². The molecule has 1 aromatic heterocycles. The second kappa shape index (κ2) is 7.27. The monoisotopic (exact) mass is 344 g/mol. The van der Waals surface area contributed by atoms with Gasteiger partial charge in [0.2, 0.25) is 0 Å². The number of carboxylic acid groups (broad SMARTS) is 1. The van der Waals surface area contributed by atoms with E-state index in [2.05, 4.69) is 0 Å². The van der Waals surface area contributed by atoms with Crippen LogP contribution in [0.15, 0.2) is 28.7 Å². The Hall–Kier alpha value is -2.34. The van der Waals surface area contributed by atoms with Crippen molar-refractivity contribution in [2.24, 2.45) is 0 Å². The first-order valence-electron chi connectivity index (χ1n) is 8.74. The number of aliphatic carboxylic acids is 1. The molecule has 6 nitrogen and oxygen atoms in total. The highest BCUT2D eigenvalue weighted by Crippen LogP contribution is 2.25. The number of carbonyl (C=O) groups excluding carboxylic acids is 1. The van der Waals surface area contributed by atoms with Gasteiger partial charge >= 0.3 is 5.97 Å². The zero-order chi connectivity index (χ0) is 18.0. The van der Waals surface area contributed by atoms with E-state index in [-0.39, 0.29) is 18.5 Å². The van der Waals surface area contributed by atoms with Crippen molar-refractivity contribution < 1.29 is 19.1 Å². The lowest BCUT2D eigenvalue weighted by atomic mass is 10.0. The van der Waals surface area contributed by atoms with E-state index in [4.69, 9.17) is 9.52 Å². The Morgan fingerprint density at radius 2 is 2.04 bits per heavy atom. The van der Waals surface area contributed by atoms with Gasteiger partial charge in [-0.05, 0) is 37.9 Å². The standard InChI is InChI=1S/C19H24N2O4/c1-3-20(12-17(22)23)15-7-9-21(10-8-15)19(24)16-11-14-6-4-5-13(2)18(14)25-16/h4-6,11,15H,3,7-10,12H2,1-2H3,(H,22,23). The third-order valence-corrected chi connectivity index (χ3v) is 4.96. The number of piperidine rings is 1. The fourth-order valence-electron chi connectivity index (χ4n) is 3.58. The molecule has 2 aromatic rings. The Balaban J connectivity index is 1.66. The van der Waals surface area contributed by atoms with E-state index < -0.39 is 5.97 Å². The normalized spacial score (nSPS) is 15.9. The van der Waals surface area contributed by atoms with E-state index in [9.17, 15) is 9.59 Å². The van der Waals surface area contributed by atoms with Crippen LogP contribution in [-0.2, 0) is 4.79 Å². The lowest BCUT2D eigenvalue weighted by molar-refractivity contribution is -0.139. The van der Waals surface area contributed by atoms with Gasteiger partial charge in [0.25, 0.3) is 5.91 Å². The molecule has 1 aromatic carbocycles. The Kier molecular flexibility index (Phi) is 5.08. The number of carboxylic acids is 1. The van der Waals surface area contributed by atoms with E-state index in [1.54, 1.807) is 11.0 Å². The molecule has 3 rings (SSSR count). The van der Waals surface area contributed by atoms with Gasteiger partial charge in [0.15, 0.2) is 5.76 Å². The molecule has 1 saturated heterocycles. The molecular weight excluding hydrogens is 320 g/mol. The SMILES string of the molecule is CCN(CC(=O)O)C1CCN(C(=O)c2cc3cccc(C)c3o2)CC1. The average molecular weight is 344 g/mol. The Bertz CT molecular complexity index is 775. The molecular formula is C19H24N2O4. The van der Waals surface area contributed by atoms with Crippen LogP contribution in [0.1, 0.15) is 35.9 Å². The molecule has 0 radical (unpaired) electrons. The quantitative estimate of drug-likeness (QED) is 0.903. The predicted molar refractivity (Wildman–Crippen MR) is 94.8 cm³/mol. The Morgan fingerprint density at radius 1 is 1.32 bits per heavy atom. The molecule has 0 unspecified atom stereocenters. The number of hydrogen-bond donors (Lipinski definition) is 1. The summed E-state index contributed by atoms with van der Waals surface area (Å²) in [5, 5.41) is 9.95. The van der Waals surface area contributed by atoms with Crippen LogP contribution in [-0.4, -0.2) is 59.0 Å². The number of likely N-dealkylation sites (N-methyl/N-ethyl adjacent to an activating group) is 1. The van der Waals surface area contributed by atoms with Crippen LogP contribution in [0.5, 0.6) is 0 Å². The minimum Gasteiger partial charge on any atom is -0.480 e. The highest BCUT2D eigenvalue weighted by molar-refractivity contribution is 5.96. The van der Waals surface area contributed by atoms with Gasteiger partial charge in [-0.25, -0.2) is 0 Å². The van der Waals surface area contributed by atoms with Crippen molar-refractivity contribution >= 4 is 22.8 Å². The lowest BCUT2D eigenvalue weighted by Crippen LogP contribution is -2.48. The number of hydrogen-bond acceptors (Lipinski definition) is 4. The smallest absolute Gasteiger partial charge is 0.317 e. The summed E-state index contributed by atoms with van der Waals surface area (Å²) in [6.45, 7) is 5.93. The van der Waals surface area contributed by atoms with Crippen molar-refractivity contribution in [3.63, 3.8) is 0 Å². The molecule has 0 aliphatic carbocycles. The number of likely N-dealkylation sites (tertiary alicyclic amines) is 1. The summed E-state index contributed by atoms with van der Waals surface area (Å²) in [5.41, 5.74) is 1.78. The molecule has 1 N–H and O–H groups in total. The third-order valence-electron chi connectivity index (χ3n) is 4.96. The average Bonchev–Trinajstić information content (AvgIpc) is 3.05. The summed E-state index contributed by atoms with van der Waals surface area (Å²) in [6.07, 6.45) is 1.57. The van der Waals surface area contributed by atoms with E-state index in [0.717, 1.165) is 29.4 Å². The summed E-state index contributed by atoms with van der Waals surface area (Å²) < 4.78 is 5.78. The third kappa shape index (κ3) is 3.69. The first-order valence-corrected chi connectivity index (χ1v) is 8.74. The Morgan fingerprint density at radius 3 is 2.64 bits per heavy atom. The summed E-state index contributed by atoms with van der Waals surface area (Å²) in [6, 6.07) is 7.88. The van der Waals surface area contributed by atoms with Gasteiger partial charge in [-0.15, -0.1) is 0 Å². The molecule has 0 atom stereocenters. The number of aryl methyl sites for hydroxylation is 1. The second-order valence-electron chi connectivity index (χ2n) is 6.58. The predicted octanol–water partition coefficient (Wildman–Crippen LogP) is 2.75. The molecule has 1 aliphatic rings. The van der Waals surface area contributed by atoms with Crippen molar-refractivity contribution in [1.29, 1.82) is 0 Å². The number of furan rings is 1. The number of nitrogens with zero attached hydrogens (tertiary/aromatic N) is 2. The summed E-state index contributed by atoms with van der Waals surface area (Å²) >= 11 is 0. The molecule has 134 valence electrons. The van der Waals surface area contributed by atoms with E-state index in [1.165, 1.54) is 0 Å². The van der Waals surface area contributed by atoms with Crippen molar-refractivity contribution in [2.75, 3.05) is 26.2 Å². The zero-order valence-corrected chi connectivity index (χ0v) is 14.7. The number of rotatable bonds is 5. The van der Waals surface area contributed by atoms with Gasteiger partial charge in [0.1, 0.15) is 5.58 Å². The molecule has 2 heterocycles. The van der Waals surface area contributed by atoms with Gasteiger partial charge in [-0.3, -0.25) is 14.5 Å². The molecule has 0 spiro atoms. The summed E-state index contributed by atoms with van der Waals surface area (Å²) in [5.74, 6) is -0.519. The first-order chi connectivity index (χ1) is 12.0. The minimum absolute atomic E-state index is 0.0535. The van der Waals surface area contributed by atoms with Gasteiger partial charge < -0.3 is 14.4 Å². The molecule has 0 saturated carbocycles. The van der Waals surface area contributed by atoms with Crippen LogP contribution < -0.4 is 0 Å². The number of para-hydroxylation sites is 1. The lowest BCUT2D eigenvalue weighted by Gasteiger charge is -2.37. The van der Waals surface area contributed by atoms with Crippen LogP contribution in [0.3, 0.4) is 0 Å². The van der Waals surface area contributed by atoms with Crippen molar-refractivity contribution in [1.82, 2.24) is 9.80 Å². The summed E-state index contributed by atoms with van der Waals surface area (Å²) in [4.78, 5) is 27.5. The maximum absolute atomic E-state index is 12.7. The molecule has 25 heavy (non-hydrogen) atoms. The fourth-order valence-corrected chi connectivity index (χ4v) is 3.58. The largest absolute Gasteiger partial charge is 0.480 e. The number of carbonyl (C=O) groups is 2. The highest BCUT2D eigenvalue weighted by Gasteiger charge is 2.29. The summed E-state index contributed by atoms with van der Waals surface area (Å²) in [7, 11) is 0. The molecule has 1 amide bonds. The van der Waals surface area contributed by atoms with Gasteiger partial charge in [0, 0.05) is 24.5 Å². The fraction of sp³-hybridized carbons (Fsp3) is 0.474. The second-order valence-corrected chi connectivity index (χ2v) is 6.58. The zero-order valence-electron chi connectivity index (χ0n) is 14.7. The van der Waals surface area contributed by atoms with Crippen LogP contribution in [0, 0.1) is 6.92 Å². The van der Waals surface area contributed by atoms with Gasteiger partial charge in [-0.2, -0.15) is 0 Å². The molecule has 0 bridgehead atoms. The molecule has 1 aliphatic heterocycles. The maximum Gasteiger partial charge on any atom is 0.317 e. The maximum atomic E-state index is 12.7. The van der Waals surface area contributed by atoms with Crippen LogP contribution in [0.4, 0.5) is 0 Å². The Labute approximate surface area is 147 Å². The topological polar surface area (TPSA) is 74.0 Å². The van der Waals surface area contributed by atoms with Crippen LogP contribution >= 0.6 is 0 Å². The molecule has 1 fully saturated rings. The highest BCUT2D eigenvalue weighted by atomic mass is 16.4. The number of fused-ring (bicyclic) bond motifs is 1. The van der Waals surface area contributed by atoms with Crippen LogP contribution in [0.2, 0.25) is 0 Å². The van der Waals surface area contributed by atoms with E-state index in [1.807, 2.05) is 36.9 Å². The molecule has 6 heteroatoms. The van der Waals surface area contributed by atoms with Crippen LogP contribution in [0.25, 0.3) is 11.0 Å². The van der Waals surface area contributed by atoms with Crippen molar-refractivity contribution in [3.8, 4) is 0 Å². The first kappa shape index (κ1) is 17.5. The van der Waals surface area contributed by atoms with Gasteiger partial charge in [-0.1, -0.05) is 25.1 Å². The van der Waals surface area contributed by atoms with E-state index in [0.29, 0.717) is 25.4 Å². The number of amides is 1. The van der Waals surface area contributed by atoms with Crippen molar-refractivity contribution in [3.05, 3.63) is 35.6 Å². The van der Waals surface area contributed by atoms with Gasteiger partial charge in [0.05, 0.1) is 6.54 Å².